The van der Waals surface area contributed by atoms with E-state index in [2.05, 4.69) is 33.0 Å². The van der Waals surface area contributed by atoms with E-state index < -0.39 is 0 Å². The van der Waals surface area contributed by atoms with Crippen LogP contribution >= 0.6 is 0 Å². The van der Waals surface area contributed by atoms with Crippen LogP contribution in [-0.4, -0.2) is 24.8 Å². The fraction of sp³-hybridized carbons (Fsp3) is 1.00. The number of ether oxygens (including phenoxy) is 1. The number of rotatable bonds is 3. The van der Waals surface area contributed by atoms with Crippen molar-refractivity contribution in [1.29, 1.82) is 0 Å². The Bertz CT molecular complexity index is 187. The number of methoxy groups -OCH3 is 1. The molecule has 1 fully saturated rings. The molecule has 0 unspecified atom stereocenters. The van der Waals surface area contributed by atoms with Crippen molar-refractivity contribution in [2.45, 2.75) is 64.5 Å². The van der Waals surface area contributed by atoms with Crippen LogP contribution in [0.15, 0.2) is 0 Å². The molecule has 1 aliphatic rings. The van der Waals surface area contributed by atoms with Crippen LogP contribution in [0.5, 0.6) is 0 Å². The average molecular weight is 213 g/mol. The molecule has 0 aromatic heterocycles. The summed E-state index contributed by atoms with van der Waals surface area (Å²) in [6.07, 6.45) is 5.01. The molecule has 0 aliphatic heterocycles. The standard InChI is InChI=1S/C13H27NO/c1-12(2,3)14-10-11-6-8-13(4,15-5)9-7-11/h11,14H,6-10H2,1-5H3. The number of hydrogen-bond donors (Lipinski definition) is 1. The van der Waals surface area contributed by atoms with Gasteiger partial charge in [0.2, 0.25) is 0 Å². The van der Waals surface area contributed by atoms with Gasteiger partial charge in [-0.2, -0.15) is 0 Å². The molecule has 90 valence electrons. The summed E-state index contributed by atoms with van der Waals surface area (Å²) >= 11 is 0. The van der Waals surface area contributed by atoms with E-state index in [0.717, 1.165) is 12.5 Å². The van der Waals surface area contributed by atoms with E-state index in [0.29, 0.717) is 0 Å². The highest BCUT2D eigenvalue weighted by Crippen LogP contribution is 2.33. The van der Waals surface area contributed by atoms with E-state index in [4.69, 9.17) is 4.74 Å². The molecule has 1 aliphatic carbocycles. The lowest BCUT2D eigenvalue weighted by Crippen LogP contribution is -2.42. The fourth-order valence-corrected chi connectivity index (χ4v) is 2.15. The normalized spacial score (nSPS) is 33.0. The number of nitrogens with one attached hydrogen (secondary N) is 1. The Morgan fingerprint density at radius 1 is 1.27 bits per heavy atom. The maximum Gasteiger partial charge on any atom is 0.0651 e. The molecule has 0 atom stereocenters. The maximum atomic E-state index is 5.55. The van der Waals surface area contributed by atoms with Gasteiger partial charge >= 0.3 is 0 Å². The van der Waals surface area contributed by atoms with Crippen molar-refractivity contribution in [3.63, 3.8) is 0 Å². The first kappa shape index (κ1) is 13.0. The average Bonchev–Trinajstić information content (AvgIpc) is 2.16. The second-order valence-corrected chi connectivity index (χ2v) is 6.23. The molecule has 0 bridgehead atoms. The zero-order chi connectivity index (χ0) is 11.5. The third-order valence-electron chi connectivity index (χ3n) is 3.58. The zero-order valence-corrected chi connectivity index (χ0v) is 11.0. The van der Waals surface area contributed by atoms with Crippen LogP contribution in [-0.2, 0) is 4.74 Å². The van der Waals surface area contributed by atoms with Crippen LogP contribution in [0.3, 0.4) is 0 Å². The molecular weight excluding hydrogens is 186 g/mol. The molecule has 0 radical (unpaired) electrons. The summed E-state index contributed by atoms with van der Waals surface area (Å²) in [6.45, 7) is 10.1. The van der Waals surface area contributed by atoms with Gasteiger partial charge in [-0.3, -0.25) is 0 Å². The SMILES string of the molecule is COC1(C)CCC(CNC(C)(C)C)CC1. The Morgan fingerprint density at radius 3 is 2.20 bits per heavy atom. The molecule has 2 nitrogen and oxygen atoms in total. The smallest absolute Gasteiger partial charge is 0.0651 e. The molecule has 1 N–H and O–H groups in total. The quantitative estimate of drug-likeness (QED) is 0.778. The van der Waals surface area contributed by atoms with Crippen LogP contribution in [0.25, 0.3) is 0 Å². The summed E-state index contributed by atoms with van der Waals surface area (Å²) in [4.78, 5) is 0. The van der Waals surface area contributed by atoms with Gasteiger partial charge in [-0.25, -0.2) is 0 Å². The lowest BCUT2D eigenvalue weighted by molar-refractivity contribution is -0.0339. The lowest BCUT2D eigenvalue weighted by atomic mass is 9.79. The molecule has 0 aromatic rings. The van der Waals surface area contributed by atoms with Gasteiger partial charge in [-0.1, -0.05) is 0 Å². The van der Waals surface area contributed by atoms with Gasteiger partial charge in [0.1, 0.15) is 0 Å². The Morgan fingerprint density at radius 2 is 1.80 bits per heavy atom. The van der Waals surface area contributed by atoms with Gasteiger partial charge < -0.3 is 10.1 Å². The second kappa shape index (κ2) is 4.84. The minimum Gasteiger partial charge on any atom is -0.379 e. The minimum atomic E-state index is 0.151. The molecule has 0 saturated heterocycles. The zero-order valence-electron chi connectivity index (χ0n) is 11.0. The topological polar surface area (TPSA) is 21.3 Å². The van der Waals surface area contributed by atoms with Gasteiger partial charge in [-0.05, 0) is 65.8 Å². The van der Waals surface area contributed by atoms with E-state index in [9.17, 15) is 0 Å². The van der Waals surface area contributed by atoms with Crippen LogP contribution in [0.4, 0.5) is 0 Å². The second-order valence-electron chi connectivity index (χ2n) is 6.23. The maximum absolute atomic E-state index is 5.55. The first-order valence-corrected chi connectivity index (χ1v) is 6.15. The Balaban J connectivity index is 2.26. The largest absolute Gasteiger partial charge is 0.379 e. The first-order valence-electron chi connectivity index (χ1n) is 6.15. The van der Waals surface area contributed by atoms with Gasteiger partial charge in [0.15, 0.2) is 0 Å². The highest BCUT2D eigenvalue weighted by atomic mass is 16.5. The Kier molecular flexibility index (Phi) is 4.19. The molecule has 0 aromatic carbocycles. The Labute approximate surface area is 94.8 Å². The van der Waals surface area contributed by atoms with Crippen molar-refractivity contribution in [3.05, 3.63) is 0 Å². The van der Waals surface area contributed by atoms with Crippen molar-refractivity contribution in [3.8, 4) is 0 Å². The van der Waals surface area contributed by atoms with E-state index in [1.807, 2.05) is 7.11 Å². The minimum absolute atomic E-state index is 0.151. The molecule has 0 amide bonds. The van der Waals surface area contributed by atoms with Crippen LogP contribution in [0, 0.1) is 5.92 Å². The van der Waals surface area contributed by atoms with Crippen molar-refractivity contribution < 1.29 is 4.74 Å². The van der Waals surface area contributed by atoms with Gasteiger partial charge in [0.05, 0.1) is 5.60 Å². The van der Waals surface area contributed by atoms with E-state index in [-0.39, 0.29) is 11.1 Å². The fourth-order valence-electron chi connectivity index (χ4n) is 2.15. The van der Waals surface area contributed by atoms with E-state index in [1.165, 1.54) is 25.7 Å². The molecule has 1 rings (SSSR count). The van der Waals surface area contributed by atoms with Gasteiger partial charge in [-0.15, -0.1) is 0 Å². The molecular formula is C13H27NO. The molecule has 2 heteroatoms. The third-order valence-corrected chi connectivity index (χ3v) is 3.58. The van der Waals surface area contributed by atoms with Gasteiger partial charge in [0.25, 0.3) is 0 Å². The summed E-state index contributed by atoms with van der Waals surface area (Å²) < 4.78 is 5.55. The molecule has 1 saturated carbocycles. The summed E-state index contributed by atoms with van der Waals surface area (Å²) in [5.74, 6) is 0.840. The summed E-state index contributed by atoms with van der Waals surface area (Å²) in [5.41, 5.74) is 0.403. The highest BCUT2D eigenvalue weighted by molar-refractivity contribution is 4.84. The monoisotopic (exact) mass is 213 g/mol. The summed E-state index contributed by atoms with van der Waals surface area (Å²) in [7, 11) is 1.84. The lowest BCUT2D eigenvalue weighted by Gasteiger charge is -2.37. The predicted octanol–water partition coefficient (Wildman–Crippen LogP) is 2.97. The number of hydrogen-bond acceptors (Lipinski definition) is 2. The molecule has 0 heterocycles. The van der Waals surface area contributed by atoms with Crippen LogP contribution in [0.2, 0.25) is 0 Å². The Hall–Kier alpha value is -0.0800. The van der Waals surface area contributed by atoms with E-state index >= 15 is 0 Å². The van der Waals surface area contributed by atoms with Crippen molar-refractivity contribution in [2.24, 2.45) is 5.92 Å². The summed E-state index contributed by atoms with van der Waals surface area (Å²) in [5, 5.41) is 3.60. The third kappa shape index (κ3) is 4.52. The first-order chi connectivity index (χ1) is 6.85. The molecule has 0 spiro atoms. The van der Waals surface area contributed by atoms with Crippen molar-refractivity contribution >= 4 is 0 Å². The van der Waals surface area contributed by atoms with Gasteiger partial charge in [0, 0.05) is 12.6 Å². The van der Waals surface area contributed by atoms with E-state index in [1.54, 1.807) is 0 Å². The molecule has 15 heavy (non-hydrogen) atoms. The highest BCUT2D eigenvalue weighted by Gasteiger charge is 2.30. The van der Waals surface area contributed by atoms with Crippen molar-refractivity contribution in [1.82, 2.24) is 5.32 Å². The summed E-state index contributed by atoms with van der Waals surface area (Å²) in [6, 6.07) is 0. The van der Waals surface area contributed by atoms with Crippen molar-refractivity contribution in [2.75, 3.05) is 13.7 Å². The van der Waals surface area contributed by atoms with Crippen LogP contribution < -0.4 is 5.32 Å². The predicted molar refractivity (Wildman–Crippen MR) is 65.1 cm³/mol. The van der Waals surface area contributed by atoms with Crippen LogP contribution in [0.1, 0.15) is 53.4 Å².